The lowest BCUT2D eigenvalue weighted by atomic mass is 10.0. The van der Waals surface area contributed by atoms with E-state index in [9.17, 15) is 22.4 Å². The monoisotopic (exact) mass is 235 g/mol. The first-order valence-corrected chi connectivity index (χ1v) is 4.45. The molecule has 0 fully saturated rings. The summed E-state index contributed by atoms with van der Waals surface area (Å²) < 4.78 is 48.9. The first-order chi connectivity index (χ1) is 7.40. The summed E-state index contributed by atoms with van der Waals surface area (Å²) in [6, 6.07) is -1.14. The molecule has 0 bridgehead atoms. The normalized spacial score (nSPS) is 21.9. The van der Waals surface area contributed by atoms with E-state index in [-0.39, 0.29) is 12.0 Å². The van der Waals surface area contributed by atoms with E-state index in [1.54, 1.807) is 0 Å². The van der Waals surface area contributed by atoms with E-state index in [0.29, 0.717) is 6.29 Å². The number of rotatable bonds is 3. The molecule has 0 saturated carbocycles. The maximum absolute atomic E-state index is 13.0. The van der Waals surface area contributed by atoms with E-state index in [2.05, 4.69) is 0 Å². The van der Waals surface area contributed by atoms with E-state index in [1.165, 1.54) is 17.5 Å². The lowest BCUT2D eigenvalue weighted by Gasteiger charge is -2.20. The van der Waals surface area contributed by atoms with Gasteiger partial charge in [-0.1, -0.05) is 12.2 Å². The number of carbonyl (C=O) groups excluding carboxylic acids is 1. The molecule has 0 heterocycles. The fraction of sp³-hybridized carbons (Fsp3) is 0.300. The maximum atomic E-state index is 13.0. The van der Waals surface area contributed by atoms with Crippen LogP contribution < -0.4 is 5.32 Å². The van der Waals surface area contributed by atoms with Crippen LogP contribution in [0.2, 0.25) is 0 Å². The van der Waals surface area contributed by atoms with Crippen molar-refractivity contribution in [1.29, 1.82) is 0 Å². The van der Waals surface area contributed by atoms with Crippen molar-refractivity contribution in [3.8, 4) is 0 Å². The van der Waals surface area contributed by atoms with Crippen LogP contribution in [0.25, 0.3) is 0 Å². The standard InChI is InChI=1S/C10H9F4NO/c11-8-4-7(2-1-3-16)5-9(6-8)15-10(12,13)14/h1-5,9,15H,6H2/b2-1+. The molecule has 1 N–H and O–H groups in total. The van der Waals surface area contributed by atoms with Gasteiger partial charge in [-0.05, 0) is 17.7 Å². The molecule has 6 heteroatoms. The molecule has 0 aromatic heterocycles. The molecule has 1 aliphatic rings. The van der Waals surface area contributed by atoms with Gasteiger partial charge in [0.2, 0.25) is 0 Å². The van der Waals surface area contributed by atoms with E-state index in [4.69, 9.17) is 0 Å². The third-order valence-electron chi connectivity index (χ3n) is 1.85. The predicted octanol–water partition coefficient (Wildman–Crippen LogP) is 2.40. The highest BCUT2D eigenvalue weighted by Gasteiger charge is 2.31. The Morgan fingerprint density at radius 1 is 1.44 bits per heavy atom. The Hall–Kier alpha value is -1.43. The molecule has 0 aliphatic heterocycles. The quantitative estimate of drug-likeness (QED) is 0.352. The Kier molecular flexibility index (Phi) is 4.00. The molecule has 0 saturated heterocycles. The Bertz CT molecular complexity index is 354. The zero-order valence-electron chi connectivity index (χ0n) is 8.09. The van der Waals surface area contributed by atoms with Crippen LogP contribution in [0, 0.1) is 0 Å². The maximum Gasteiger partial charge on any atom is 0.457 e. The van der Waals surface area contributed by atoms with Gasteiger partial charge in [0.15, 0.2) is 0 Å². The summed E-state index contributed by atoms with van der Waals surface area (Å²) in [7, 11) is 0. The topological polar surface area (TPSA) is 29.1 Å². The van der Waals surface area contributed by atoms with Gasteiger partial charge < -0.3 is 0 Å². The molecular weight excluding hydrogens is 226 g/mol. The van der Waals surface area contributed by atoms with Crippen LogP contribution in [-0.4, -0.2) is 18.6 Å². The summed E-state index contributed by atoms with van der Waals surface area (Å²) in [6.45, 7) is 0. The summed E-state index contributed by atoms with van der Waals surface area (Å²) in [5, 5.41) is 1.32. The van der Waals surface area contributed by atoms with Crippen molar-refractivity contribution in [2.75, 3.05) is 0 Å². The van der Waals surface area contributed by atoms with Crippen molar-refractivity contribution in [3.05, 3.63) is 35.7 Å². The van der Waals surface area contributed by atoms with Crippen molar-refractivity contribution in [1.82, 2.24) is 5.32 Å². The molecule has 1 unspecified atom stereocenters. The van der Waals surface area contributed by atoms with Crippen LogP contribution >= 0.6 is 0 Å². The number of halogens is 4. The summed E-state index contributed by atoms with van der Waals surface area (Å²) in [6.07, 6.45) is 0.205. The molecule has 0 aromatic carbocycles. The largest absolute Gasteiger partial charge is 0.457 e. The molecular formula is C10H9F4NO. The average Bonchev–Trinajstić information content (AvgIpc) is 2.10. The van der Waals surface area contributed by atoms with Crippen LogP contribution in [0.4, 0.5) is 17.6 Å². The zero-order valence-corrected chi connectivity index (χ0v) is 8.09. The Balaban J connectivity index is 2.76. The molecule has 1 aliphatic carbocycles. The van der Waals surface area contributed by atoms with Gasteiger partial charge in [0, 0.05) is 12.5 Å². The smallest absolute Gasteiger partial charge is 0.299 e. The highest BCUT2D eigenvalue weighted by atomic mass is 19.4. The number of alkyl halides is 3. The van der Waals surface area contributed by atoms with E-state index < -0.39 is 18.2 Å². The second kappa shape index (κ2) is 5.07. The van der Waals surface area contributed by atoms with Gasteiger partial charge in [0.1, 0.15) is 12.1 Å². The first-order valence-electron chi connectivity index (χ1n) is 4.45. The summed E-state index contributed by atoms with van der Waals surface area (Å²) in [4.78, 5) is 10.0. The molecule has 0 aromatic rings. The van der Waals surface area contributed by atoms with Crippen LogP contribution in [0.5, 0.6) is 0 Å². The number of aldehydes is 1. The molecule has 1 atom stereocenters. The molecule has 0 spiro atoms. The van der Waals surface area contributed by atoms with Crippen molar-refractivity contribution in [3.63, 3.8) is 0 Å². The lowest BCUT2D eigenvalue weighted by Crippen LogP contribution is -2.40. The van der Waals surface area contributed by atoms with E-state index in [0.717, 1.165) is 12.2 Å². The number of nitrogens with one attached hydrogen (secondary N) is 1. The molecule has 0 radical (unpaired) electrons. The van der Waals surface area contributed by atoms with Crippen LogP contribution in [0.1, 0.15) is 6.42 Å². The average molecular weight is 235 g/mol. The zero-order chi connectivity index (χ0) is 12.2. The van der Waals surface area contributed by atoms with Gasteiger partial charge >= 0.3 is 6.30 Å². The second-order valence-electron chi connectivity index (χ2n) is 3.21. The van der Waals surface area contributed by atoms with Crippen molar-refractivity contribution >= 4 is 6.29 Å². The molecule has 1 rings (SSSR count). The second-order valence-corrected chi connectivity index (χ2v) is 3.21. The summed E-state index contributed by atoms with van der Waals surface area (Å²) >= 11 is 0. The highest BCUT2D eigenvalue weighted by Crippen LogP contribution is 2.22. The Morgan fingerprint density at radius 3 is 2.69 bits per heavy atom. The van der Waals surface area contributed by atoms with Crippen LogP contribution in [0.3, 0.4) is 0 Å². The van der Waals surface area contributed by atoms with Crippen molar-refractivity contribution in [2.24, 2.45) is 0 Å². The minimum absolute atomic E-state index is 0.234. The number of hydrogen-bond donors (Lipinski definition) is 1. The SMILES string of the molecule is O=C/C=C/C1=CC(NC(F)(F)F)CC(F)=C1. The molecule has 2 nitrogen and oxygen atoms in total. The van der Waals surface area contributed by atoms with Gasteiger partial charge in [0.25, 0.3) is 0 Å². The number of carbonyl (C=O) groups is 1. The predicted molar refractivity (Wildman–Crippen MR) is 50.1 cm³/mol. The summed E-state index contributed by atoms with van der Waals surface area (Å²) in [5.74, 6) is -0.658. The van der Waals surface area contributed by atoms with Gasteiger partial charge in [-0.3, -0.25) is 4.79 Å². The minimum atomic E-state index is -4.56. The highest BCUT2D eigenvalue weighted by molar-refractivity contribution is 5.66. The van der Waals surface area contributed by atoms with E-state index in [1.807, 2.05) is 0 Å². The molecule has 88 valence electrons. The molecule has 16 heavy (non-hydrogen) atoms. The Labute approximate surface area is 89.3 Å². The van der Waals surface area contributed by atoms with E-state index >= 15 is 0 Å². The Morgan fingerprint density at radius 2 is 2.12 bits per heavy atom. The first kappa shape index (κ1) is 12.6. The van der Waals surface area contributed by atoms with Crippen molar-refractivity contribution in [2.45, 2.75) is 18.8 Å². The van der Waals surface area contributed by atoms with Gasteiger partial charge in [-0.2, -0.15) is 13.2 Å². The van der Waals surface area contributed by atoms with Gasteiger partial charge in [-0.15, -0.1) is 0 Å². The lowest BCUT2D eigenvalue weighted by molar-refractivity contribution is -0.161. The third-order valence-corrected chi connectivity index (χ3v) is 1.85. The summed E-state index contributed by atoms with van der Waals surface area (Å²) in [5.41, 5.74) is 0.234. The molecule has 0 amide bonds. The number of allylic oxidation sites excluding steroid dienone is 4. The van der Waals surface area contributed by atoms with Crippen molar-refractivity contribution < 1.29 is 22.4 Å². The fourth-order valence-electron chi connectivity index (χ4n) is 1.35. The van der Waals surface area contributed by atoms with Crippen LogP contribution in [-0.2, 0) is 4.79 Å². The van der Waals surface area contributed by atoms with Gasteiger partial charge in [0.05, 0.1) is 0 Å². The number of hydrogen-bond acceptors (Lipinski definition) is 2. The minimum Gasteiger partial charge on any atom is -0.299 e. The third kappa shape index (κ3) is 4.39. The fourth-order valence-corrected chi connectivity index (χ4v) is 1.35. The van der Waals surface area contributed by atoms with Crippen LogP contribution in [0.15, 0.2) is 35.7 Å². The van der Waals surface area contributed by atoms with Gasteiger partial charge in [-0.25, -0.2) is 9.71 Å².